The molecule has 0 aliphatic carbocycles. The second-order valence-electron chi connectivity index (χ2n) is 5.55. The summed E-state index contributed by atoms with van der Waals surface area (Å²) >= 11 is 0. The highest BCUT2D eigenvalue weighted by Crippen LogP contribution is 2.13. The maximum Gasteiger partial charge on any atom is 0.394 e. The van der Waals surface area contributed by atoms with E-state index in [2.05, 4.69) is 0 Å². The number of benzene rings is 2. The van der Waals surface area contributed by atoms with Gasteiger partial charge in [0.25, 0.3) is 0 Å². The van der Waals surface area contributed by atoms with Crippen LogP contribution in [0.25, 0.3) is 12.2 Å². The lowest BCUT2D eigenvalue weighted by Gasteiger charge is -2.00. The van der Waals surface area contributed by atoms with Crippen LogP contribution in [0.4, 0.5) is 0 Å². The molecule has 2 aromatic rings. The Kier molecular flexibility index (Phi) is 12.3. The summed E-state index contributed by atoms with van der Waals surface area (Å²) in [6.07, 6.45) is 5.01. The van der Waals surface area contributed by atoms with E-state index in [-0.39, 0.29) is 11.7 Å². The molecule has 0 bridgehead atoms. The normalized spacial score (nSPS) is 10.5. The number of rotatable bonds is 5. The minimum Gasteiger partial charge on any atom is -0.508 e. The molecule has 5 N–H and O–H groups in total. The molecule has 172 valence electrons. The summed E-state index contributed by atoms with van der Waals surface area (Å²) < 4.78 is 36.4. The van der Waals surface area contributed by atoms with Crippen LogP contribution in [0.15, 0.2) is 60.7 Å². The van der Waals surface area contributed by atoms with Gasteiger partial charge >= 0.3 is 28.3 Å². The van der Waals surface area contributed by atoms with Gasteiger partial charge in [-0.05, 0) is 47.5 Å². The molecule has 12 heteroatoms. The quantitative estimate of drug-likeness (QED) is 0.187. The number of ether oxygens (including phenoxy) is 1. The van der Waals surface area contributed by atoms with Crippen molar-refractivity contribution >= 4 is 40.5 Å². The zero-order chi connectivity index (χ0) is 24.7. The molecule has 0 amide bonds. The predicted octanol–water partition coefficient (Wildman–Crippen LogP) is 2.55. The highest BCUT2D eigenvalue weighted by Gasteiger charge is 1.97. The van der Waals surface area contributed by atoms with Gasteiger partial charge in [-0.2, -0.15) is 8.42 Å². The van der Waals surface area contributed by atoms with Crippen LogP contribution in [-0.2, 0) is 24.8 Å². The van der Waals surface area contributed by atoms with Crippen LogP contribution in [0.5, 0.6) is 11.5 Å². The van der Waals surface area contributed by atoms with Crippen LogP contribution in [0.1, 0.15) is 18.1 Å². The number of carboxylic acid groups (broad SMARTS) is 2. The highest BCUT2D eigenvalue weighted by molar-refractivity contribution is 7.79. The van der Waals surface area contributed by atoms with Crippen LogP contribution < -0.4 is 4.74 Å². The highest BCUT2D eigenvalue weighted by atomic mass is 32.3. The van der Waals surface area contributed by atoms with Gasteiger partial charge in [0.2, 0.25) is 0 Å². The first-order valence-electron chi connectivity index (χ1n) is 8.35. The van der Waals surface area contributed by atoms with Crippen LogP contribution >= 0.6 is 0 Å². The number of hydrogen-bond donors (Lipinski definition) is 5. The molecule has 0 aliphatic heterocycles. The average molecular weight is 468 g/mol. The number of phenolic OH excluding ortho intramolecular Hbond substituents is 1. The van der Waals surface area contributed by atoms with Gasteiger partial charge in [-0.1, -0.05) is 24.3 Å². The Bertz CT molecular complexity index is 1040. The van der Waals surface area contributed by atoms with Gasteiger partial charge in [0.15, 0.2) is 0 Å². The van der Waals surface area contributed by atoms with Crippen LogP contribution in [-0.4, -0.2) is 50.8 Å². The topological polar surface area (TPSA) is 196 Å². The monoisotopic (exact) mass is 468 g/mol. The van der Waals surface area contributed by atoms with Gasteiger partial charge in [-0.3, -0.25) is 13.9 Å². The third kappa shape index (κ3) is 18.1. The Balaban J connectivity index is 0.000000505. The lowest BCUT2D eigenvalue weighted by Crippen LogP contribution is -2.00. The van der Waals surface area contributed by atoms with Crippen LogP contribution in [0.2, 0.25) is 0 Å². The third-order valence-corrected chi connectivity index (χ3v) is 2.87. The molecule has 0 fully saturated rings. The van der Waals surface area contributed by atoms with E-state index in [9.17, 15) is 14.4 Å². The van der Waals surface area contributed by atoms with Gasteiger partial charge in [0.05, 0.1) is 0 Å². The van der Waals surface area contributed by atoms with Crippen LogP contribution in [0, 0.1) is 0 Å². The third-order valence-electron chi connectivity index (χ3n) is 2.87. The first kappa shape index (κ1) is 28.0. The first-order valence-corrected chi connectivity index (χ1v) is 9.75. The Morgan fingerprint density at radius 1 is 0.781 bits per heavy atom. The van der Waals surface area contributed by atoms with Crippen molar-refractivity contribution in [2.24, 2.45) is 0 Å². The molecule has 0 saturated carbocycles. The van der Waals surface area contributed by atoms with Crippen molar-refractivity contribution in [1.29, 1.82) is 0 Å². The second-order valence-corrected chi connectivity index (χ2v) is 6.44. The molecule has 0 aliphatic rings. The summed E-state index contributed by atoms with van der Waals surface area (Å²) in [6, 6.07) is 12.8. The minimum atomic E-state index is -4.67. The molecule has 11 nitrogen and oxygen atoms in total. The Morgan fingerprint density at radius 3 is 1.44 bits per heavy atom. The van der Waals surface area contributed by atoms with Crippen molar-refractivity contribution in [3.8, 4) is 11.5 Å². The Morgan fingerprint density at radius 2 is 1.12 bits per heavy atom. The van der Waals surface area contributed by atoms with E-state index in [1.54, 1.807) is 36.4 Å². The van der Waals surface area contributed by atoms with E-state index in [0.717, 1.165) is 23.3 Å². The largest absolute Gasteiger partial charge is 0.508 e. The summed E-state index contributed by atoms with van der Waals surface area (Å²) in [5.41, 5.74) is 1.48. The van der Waals surface area contributed by atoms with Crippen molar-refractivity contribution in [2.45, 2.75) is 6.92 Å². The molecule has 0 atom stereocenters. The number of aromatic hydroxyl groups is 1. The smallest absolute Gasteiger partial charge is 0.394 e. The van der Waals surface area contributed by atoms with E-state index < -0.39 is 22.3 Å². The van der Waals surface area contributed by atoms with Crippen molar-refractivity contribution in [1.82, 2.24) is 0 Å². The van der Waals surface area contributed by atoms with E-state index in [4.69, 9.17) is 37.6 Å². The number of carbonyl (C=O) groups is 3. The number of carbonyl (C=O) groups excluding carboxylic acids is 1. The SMILES string of the molecule is CC(=O)Oc1ccc(/C=C/C(=O)O)cc1.O=C(O)/C=C/c1ccc(O)cc1.O=S(=O)(O)O. The van der Waals surface area contributed by atoms with Gasteiger partial charge < -0.3 is 20.1 Å². The molecule has 2 aromatic carbocycles. The summed E-state index contributed by atoms with van der Waals surface area (Å²) in [5, 5.41) is 25.6. The second kappa shape index (κ2) is 14.1. The zero-order valence-electron chi connectivity index (χ0n) is 16.5. The summed E-state index contributed by atoms with van der Waals surface area (Å²) in [7, 11) is -4.67. The molecule has 0 saturated heterocycles. The zero-order valence-corrected chi connectivity index (χ0v) is 17.3. The maximum absolute atomic E-state index is 10.6. The number of hydrogen-bond acceptors (Lipinski definition) is 7. The molecular weight excluding hydrogens is 448 g/mol. The fourth-order valence-electron chi connectivity index (χ4n) is 1.73. The van der Waals surface area contributed by atoms with Gasteiger partial charge in [0, 0.05) is 19.1 Å². The Labute approximate surface area is 183 Å². The molecule has 32 heavy (non-hydrogen) atoms. The van der Waals surface area contributed by atoms with Crippen molar-refractivity contribution in [3.05, 3.63) is 71.8 Å². The molecule has 0 aromatic heterocycles. The predicted molar refractivity (Wildman–Crippen MR) is 113 cm³/mol. The molecule has 0 unspecified atom stereocenters. The van der Waals surface area contributed by atoms with Crippen molar-refractivity contribution < 1.29 is 52.0 Å². The molecule has 0 spiro atoms. The fourth-order valence-corrected chi connectivity index (χ4v) is 1.73. The molecule has 0 radical (unpaired) electrons. The first-order chi connectivity index (χ1) is 14.8. The van der Waals surface area contributed by atoms with Gasteiger partial charge in [-0.15, -0.1) is 0 Å². The lowest BCUT2D eigenvalue weighted by molar-refractivity contribution is -0.132. The number of carboxylic acids is 2. The van der Waals surface area contributed by atoms with E-state index in [1.165, 1.54) is 31.2 Å². The van der Waals surface area contributed by atoms with E-state index >= 15 is 0 Å². The van der Waals surface area contributed by atoms with Crippen molar-refractivity contribution in [2.75, 3.05) is 0 Å². The van der Waals surface area contributed by atoms with E-state index in [1.807, 2.05) is 0 Å². The molecule has 0 heterocycles. The summed E-state index contributed by atoms with van der Waals surface area (Å²) in [5.74, 6) is -1.76. The van der Waals surface area contributed by atoms with E-state index in [0.29, 0.717) is 5.75 Å². The average Bonchev–Trinajstić information content (AvgIpc) is 2.66. The number of phenols is 1. The van der Waals surface area contributed by atoms with Crippen molar-refractivity contribution in [3.63, 3.8) is 0 Å². The minimum absolute atomic E-state index is 0.169. The number of esters is 1. The van der Waals surface area contributed by atoms with Gasteiger partial charge in [-0.25, -0.2) is 9.59 Å². The van der Waals surface area contributed by atoms with Gasteiger partial charge in [0.1, 0.15) is 11.5 Å². The molecular formula is C20H20O11S. The fraction of sp³-hybridized carbons (Fsp3) is 0.0500. The summed E-state index contributed by atoms with van der Waals surface area (Å²) in [4.78, 5) is 30.9. The number of aliphatic carboxylic acids is 2. The standard InChI is InChI=1S/C11H10O4.C9H8O3.H2O4S/c1-8(12)15-10-5-2-9(3-6-10)4-7-11(13)14;10-8-4-1-7(2-5-8)3-6-9(11)12;1-5(2,3)4/h2-7H,1H3,(H,13,14);1-6,10H,(H,11,12);(H2,1,2,3,4)/b7-4+;6-3+;. The molecule has 2 rings (SSSR count). The lowest BCUT2D eigenvalue weighted by atomic mass is 10.2. The Hall–Kier alpha value is -4.00. The van der Waals surface area contributed by atoms with Crippen LogP contribution in [0.3, 0.4) is 0 Å². The summed E-state index contributed by atoms with van der Waals surface area (Å²) in [6.45, 7) is 1.32. The maximum atomic E-state index is 10.6.